The number of ether oxygens (including phenoxy) is 3. The van der Waals surface area contributed by atoms with Crippen LogP contribution in [0.25, 0.3) is 0 Å². The van der Waals surface area contributed by atoms with Gasteiger partial charge in [0.05, 0.1) is 18.1 Å². The van der Waals surface area contributed by atoms with Crippen molar-refractivity contribution < 1.29 is 23.8 Å². The van der Waals surface area contributed by atoms with E-state index < -0.39 is 11.9 Å². The van der Waals surface area contributed by atoms with Gasteiger partial charge in [-0.05, 0) is 50.6 Å². The van der Waals surface area contributed by atoms with Crippen LogP contribution in [-0.4, -0.2) is 25.1 Å². The number of para-hydroxylation sites is 1. The van der Waals surface area contributed by atoms with Crippen LogP contribution in [0, 0.1) is 18.3 Å². The van der Waals surface area contributed by atoms with Gasteiger partial charge in [0.15, 0.2) is 6.61 Å². The van der Waals surface area contributed by atoms with Crippen molar-refractivity contribution in [3.63, 3.8) is 0 Å². The Morgan fingerprint density at radius 2 is 1.97 bits per heavy atom. The molecule has 0 aromatic heterocycles. The number of nitrogens with one attached hydrogen (secondary N) is 1. The first-order valence-corrected chi connectivity index (χ1v) is 11.3. The molecule has 0 spiro atoms. The number of carbonyl (C=O) groups excluding carboxylic acids is 2. The number of halogens is 1. The number of nitrogens with zero attached hydrogens (tertiary/aromatic N) is 1. The molecular weight excluding hydrogens is 502 g/mol. The number of hydrogen-bond donors (Lipinski definition) is 2. The summed E-state index contributed by atoms with van der Waals surface area (Å²) in [4.78, 5) is 25.3. The molecule has 1 aliphatic heterocycles. The van der Waals surface area contributed by atoms with E-state index >= 15 is 0 Å². The number of nitriles is 1. The standard InChI is InChI=1S/C25H24BrN3O5/c1-4-32-25(31)22-15(3)34-24(28)18(12-27)23(22)17-7-5-6-8-20(17)33-13-21(30)29-19-10-9-16(26)11-14(19)2/h5-11,23H,4,13,28H2,1-3H3,(H,29,30). The van der Waals surface area contributed by atoms with Gasteiger partial charge in [-0.3, -0.25) is 4.79 Å². The number of esters is 1. The summed E-state index contributed by atoms with van der Waals surface area (Å²) in [6.07, 6.45) is 0. The van der Waals surface area contributed by atoms with Gasteiger partial charge in [-0.25, -0.2) is 4.79 Å². The number of aryl methyl sites for hydroxylation is 1. The Labute approximate surface area is 206 Å². The number of rotatable bonds is 7. The number of nitrogens with two attached hydrogens (primary N) is 1. The molecule has 3 rings (SSSR count). The summed E-state index contributed by atoms with van der Waals surface area (Å²) in [6.45, 7) is 5.02. The lowest BCUT2D eigenvalue weighted by Gasteiger charge is -2.28. The zero-order valence-electron chi connectivity index (χ0n) is 19.0. The molecular formula is C25H24BrN3O5. The zero-order chi connectivity index (χ0) is 24.8. The molecule has 0 radical (unpaired) electrons. The first-order chi connectivity index (χ1) is 16.3. The van der Waals surface area contributed by atoms with Gasteiger partial charge in [-0.1, -0.05) is 34.1 Å². The molecule has 1 atom stereocenters. The Balaban J connectivity index is 1.90. The number of benzene rings is 2. The van der Waals surface area contributed by atoms with Gasteiger partial charge in [0.1, 0.15) is 23.2 Å². The van der Waals surface area contributed by atoms with Gasteiger partial charge in [-0.2, -0.15) is 5.26 Å². The number of carbonyl (C=O) groups is 2. The van der Waals surface area contributed by atoms with Gasteiger partial charge >= 0.3 is 5.97 Å². The van der Waals surface area contributed by atoms with E-state index in [2.05, 4.69) is 21.2 Å². The molecule has 1 heterocycles. The fraction of sp³-hybridized carbons (Fsp3) is 0.240. The molecule has 3 N–H and O–H groups in total. The van der Waals surface area contributed by atoms with E-state index in [1.165, 1.54) is 0 Å². The fourth-order valence-corrected chi connectivity index (χ4v) is 4.09. The average molecular weight is 526 g/mol. The van der Waals surface area contributed by atoms with Crippen molar-refractivity contribution in [1.82, 2.24) is 0 Å². The van der Waals surface area contributed by atoms with Crippen molar-refractivity contribution >= 4 is 33.5 Å². The Hall–Kier alpha value is -3.77. The highest BCUT2D eigenvalue weighted by atomic mass is 79.9. The number of amides is 1. The minimum atomic E-state index is -0.870. The number of allylic oxidation sites excluding steroid dienone is 2. The van der Waals surface area contributed by atoms with Gasteiger partial charge in [-0.15, -0.1) is 0 Å². The fourth-order valence-electron chi connectivity index (χ4n) is 3.61. The minimum Gasteiger partial charge on any atom is -0.483 e. The molecule has 34 heavy (non-hydrogen) atoms. The Bertz CT molecular complexity index is 1230. The molecule has 0 saturated carbocycles. The highest BCUT2D eigenvalue weighted by Gasteiger charge is 2.37. The van der Waals surface area contributed by atoms with E-state index in [0.29, 0.717) is 17.0 Å². The second-order valence-corrected chi connectivity index (χ2v) is 8.36. The molecule has 2 aromatic carbocycles. The smallest absolute Gasteiger partial charge is 0.338 e. The van der Waals surface area contributed by atoms with Gasteiger partial charge in [0.25, 0.3) is 5.91 Å². The molecule has 0 bridgehead atoms. The van der Waals surface area contributed by atoms with Crippen LogP contribution in [0.1, 0.15) is 30.9 Å². The largest absolute Gasteiger partial charge is 0.483 e. The van der Waals surface area contributed by atoms with Crippen molar-refractivity contribution in [2.75, 3.05) is 18.5 Å². The lowest BCUT2D eigenvalue weighted by atomic mass is 9.82. The SMILES string of the molecule is CCOC(=O)C1=C(C)OC(N)=C(C#N)C1c1ccccc1OCC(=O)Nc1ccc(Br)cc1C. The summed E-state index contributed by atoms with van der Waals surface area (Å²) in [5.41, 5.74) is 8.22. The molecule has 0 saturated heterocycles. The molecule has 176 valence electrons. The number of anilines is 1. The van der Waals surface area contributed by atoms with E-state index in [-0.39, 0.29) is 41.9 Å². The maximum absolute atomic E-state index is 12.8. The summed E-state index contributed by atoms with van der Waals surface area (Å²) in [7, 11) is 0. The maximum Gasteiger partial charge on any atom is 0.338 e. The molecule has 1 unspecified atom stereocenters. The summed E-state index contributed by atoms with van der Waals surface area (Å²) >= 11 is 3.39. The number of hydrogen-bond acceptors (Lipinski definition) is 7. The molecule has 0 aliphatic carbocycles. The lowest BCUT2D eigenvalue weighted by molar-refractivity contribution is -0.139. The van der Waals surface area contributed by atoms with Crippen LogP contribution in [-0.2, 0) is 19.1 Å². The van der Waals surface area contributed by atoms with E-state index in [9.17, 15) is 14.9 Å². The normalized spacial score (nSPS) is 15.3. The van der Waals surface area contributed by atoms with E-state index in [4.69, 9.17) is 19.9 Å². The Morgan fingerprint density at radius 3 is 2.65 bits per heavy atom. The maximum atomic E-state index is 12.8. The van der Waals surface area contributed by atoms with Crippen LogP contribution < -0.4 is 15.8 Å². The average Bonchev–Trinajstić information content (AvgIpc) is 2.79. The second kappa shape index (κ2) is 10.9. The van der Waals surface area contributed by atoms with Crippen molar-refractivity contribution in [2.24, 2.45) is 5.73 Å². The predicted octanol–water partition coefficient (Wildman–Crippen LogP) is 4.42. The van der Waals surface area contributed by atoms with Crippen LogP contribution in [0.3, 0.4) is 0 Å². The lowest BCUT2D eigenvalue weighted by Crippen LogP contribution is -2.26. The Morgan fingerprint density at radius 1 is 1.24 bits per heavy atom. The zero-order valence-corrected chi connectivity index (χ0v) is 20.6. The van der Waals surface area contributed by atoms with Crippen LogP contribution in [0.15, 0.2) is 69.7 Å². The van der Waals surface area contributed by atoms with Crippen LogP contribution in [0.4, 0.5) is 5.69 Å². The first kappa shape index (κ1) is 24.9. The van der Waals surface area contributed by atoms with Crippen LogP contribution in [0.5, 0.6) is 5.75 Å². The molecule has 9 heteroatoms. The molecule has 1 aliphatic rings. The van der Waals surface area contributed by atoms with Crippen molar-refractivity contribution in [1.29, 1.82) is 5.26 Å². The van der Waals surface area contributed by atoms with Crippen molar-refractivity contribution in [3.05, 3.63) is 80.9 Å². The minimum absolute atomic E-state index is 0.0552. The third kappa shape index (κ3) is 5.41. The predicted molar refractivity (Wildman–Crippen MR) is 129 cm³/mol. The van der Waals surface area contributed by atoms with Crippen molar-refractivity contribution in [2.45, 2.75) is 26.7 Å². The summed E-state index contributed by atoms with van der Waals surface area (Å²) in [6, 6.07) is 14.4. The highest BCUT2D eigenvalue weighted by Crippen LogP contribution is 2.42. The molecule has 2 aromatic rings. The van der Waals surface area contributed by atoms with Crippen LogP contribution in [0.2, 0.25) is 0 Å². The van der Waals surface area contributed by atoms with Gasteiger partial charge < -0.3 is 25.3 Å². The van der Waals surface area contributed by atoms with Gasteiger partial charge in [0, 0.05) is 15.7 Å². The monoisotopic (exact) mass is 525 g/mol. The molecule has 1 amide bonds. The molecule has 8 nitrogen and oxygen atoms in total. The topological polar surface area (TPSA) is 124 Å². The van der Waals surface area contributed by atoms with E-state index in [1.807, 2.05) is 25.1 Å². The third-order valence-corrected chi connectivity index (χ3v) is 5.65. The second-order valence-electron chi connectivity index (χ2n) is 7.45. The van der Waals surface area contributed by atoms with E-state index in [1.54, 1.807) is 44.2 Å². The summed E-state index contributed by atoms with van der Waals surface area (Å²) in [5.74, 6) is -1.39. The van der Waals surface area contributed by atoms with E-state index in [0.717, 1.165) is 10.0 Å². The highest BCUT2D eigenvalue weighted by molar-refractivity contribution is 9.10. The Kier molecular flexibility index (Phi) is 7.97. The van der Waals surface area contributed by atoms with Crippen molar-refractivity contribution in [3.8, 4) is 11.8 Å². The summed E-state index contributed by atoms with van der Waals surface area (Å²) < 4.78 is 17.4. The van der Waals surface area contributed by atoms with Gasteiger partial charge in [0.2, 0.25) is 5.88 Å². The first-order valence-electron chi connectivity index (χ1n) is 10.5. The van der Waals surface area contributed by atoms with Crippen LogP contribution >= 0.6 is 15.9 Å². The quantitative estimate of drug-likeness (QED) is 0.512. The summed E-state index contributed by atoms with van der Waals surface area (Å²) in [5, 5.41) is 12.6. The molecule has 0 fully saturated rings. The third-order valence-electron chi connectivity index (χ3n) is 5.15.